The Morgan fingerprint density at radius 2 is 1.96 bits per heavy atom. The zero-order valence-electron chi connectivity index (χ0n) is 15.3. The summed E-state index contributed by atoms with van der Waals surface area (Å²) in [6.45, 7) is 4.30. The summed E-state index contributed by atoms with van der Waals surface area (Å²) in [4.78, 5) is 12.1. The minimum absolute atomic E-state index is 0.293. The average molecular weight is 384 g/mol. The highest BCUT2D eigenvalue weighted by Crippen LogP contribution is 2.23. The number of aryl methyl sites for hydroxylation is 2. The smallest absolute Gasteiger partial charge is 0.325 e. The van der Waals surface area contributed by atoms with Gasteiger partial charge in [0.1, 0.15) is 18.1 Å². The second kappa shape index (κ2) is 8.50. The number of urea groups is 1. The van der Waals surface area contributed by atoms with Gasteiger partial charge in [-0.15, -0.1) is 10.2 Å². The van der Waals surface area contributed by atoms with Gasteiger partial charge in [0, 0.05) is 11.8 Å². The fraction of sp³-hybridized carbons (Fsp3) is 0.211. The van der Waals surface area contributed by atoms with Crippen molar-refractivity contribution in [3.8, 4) is 11.5 Å². The number of ether oxygens (including phenoxy) is 2. The lowest BCUT2D eigenvalue weighted by Crippen LogP contribution is -2.19. The zero-order valence-corrected chi connectivity index (χ0v) is 16.1. The fourth-order valence-electron chi connectivity index (χ4n) is 2.33. The number of carbonyl (C=O) groups excluding carboxylic acids is 1. The maximum atomic E-state index is 12.1. The van der Waals surface area contributed by atoms with Crippen molar-refractivity contribution in [2.75, 3.05) is 17.7 Å². The molecule has 0 saturated heterocycles. The van der Waals surface area contributed by atoms with Crippen LogP contribution in [0.1, 0.15) is 16.1 Å². The predicted octanol–water partition coefficient (Wildman–Crippen LogP) is 4.39. The predicted molar refractivity (Wildman–Crippen MR) is 106 cm³/mol. The summed E-state index contributed by atoms with van der Waals surface area (Å²) in [5, 5.41) is 14.5. The first-order valence-corrected chi connectivity index (χ1v) is 9.09. The SMILES string of the molecule is COc1cccc(NC(=O)Nc2nnc(COc3cc(C)ccc3C)s2)c1. The van der Waals surface area contributed by atoms with E-state index in [-0.39, 0.29) is 0 Å². The van der Waals surface area contributed by atoms with E-state index in [1.807, 2.05) is 32.0 Å². The quantitative estimate of drug-likeness (QED) is 0.658. The molecule has 0 aliphatic heterocycles. The number of methoxy groups -OCH3 is 1. The summed E-state index contributed by atoms with van der Waals surface area (Å²) < 4.78 is 10.9. The molecule has 1 heterocycles. The van der Waals surface area contributed by atoms with Crippen molar-refractivity contribution in [2.24, 2.45) is 0 Å². The molecule has 0 unspecified atom stereocenters. The van der Waals surface area contributed by atoms with Crippen LogP contribution >= 0.6 is 11.3 Å². The van der Waals surface area contributed by atoms with Crippen molar-refractivity contribution in [3.05, 3.63) is 58.6 Å². The van der Waals surface area contributed by atoms with Gasteiger partial charge >= 0.3 is 6.03 Å². The third kappa shape index (κ3) is 5.18. The van der Waals surface area contributed by atoms with Gasteiger partial charge < -0.3 is 14.8 Å². The number of hydrogen-bond acceptors (Lipinski definition) is 6. The topological polar surface area (TPSA) is 85.4 Å². The van der Waals surface area contributed by atoms with Crippen LogP contribution in [0.3, 0.4) is 0 Å². The van der Waals surface area contributed by atoms with Crippen molar-refractivity contribution in [3.63, 3.8) is 0 Å². The number of carbonyl (C=O) groups is 1. The van der Waals surface area contributed by atoms with E-state index >= 15 is 0 Å². The molecule has 8 heteroatoms. The van der Waals surface area contributed by atoms with Crippen LogP contribution in [0.4, 0.5) is 15.6 Å². The van der Waals surface area contributed by atoms with E-state index in [1.54, 1.807) is 31.4 Å². The van der Waals surface area contributed by atoms with Crippen LogP contribution in [0, 0.1) is 13.8 Å². The van der Waals surface area contributed by atoms with E-state index < -0.39 is 6.03 Å². The van der Waals surface area contributed by atoms with E-state index in [9.17, 15) is 4.79 Å². The highest BCUT2D eigenvalue weighted by Gasteiger charge is 2.10. The molecule has 0 spiro atoms. The van der Waals surface area contributed by atoms with Crippen LogP contribution in [0.15, 0.2) is 42.5 Å². The number of nitrogens with one attached hydrogen (secondary N) is 2. The Bertz CT molecular complexity index is 942. The standard InChI is InChI=1S/C19H20N4O3S/c1-12-7-8-13(2)16(9-12)26-11-17-22-23-19(27-17)21-18(24)20-14-5-4-6-15(10-14)25-3/h4-10H,11H2,1-3H3,(H2,20,21,23,24). The van der Waals surface area contributed by atoms with Crippen LogP contribution in [0.25, 0.3) is 0 Å². The Morgan fingerprint density at radius 3 is 2.78 bits per heavy atom. The zero-order chi connectivity index (χ0) is 19.2. The Balaban J connectivity index is 1.55. The van der Waals surface area contributed by atoms with Gasteiger partial charge in [-0.3, -0.25) is 5.32 Å². The van der Waals surface area contributed by atoms with Crippen molar-refractivity contribution >= 4 is 28.2 Å². The second-order valence-electron chi connectivity index (χ2n) is 5.87. The average Bonchev–Trinajstić information content (AvgIpc) is 3.09. The molecule has 0 atom stereocenters. The molecule has 0 aliphatic rings. The molecule has 3 aromatic rings. The summed E-state index contributed by atoms with van der Waals surface area (Å²) >= 11 is 1.26. The molecule has 0 bridgehead atoms. The van der Waals surface area contributed by atoms with Crippen LogP contribution in [-0.2, 0) is 6.61 Å². The summed E-state index contributed by atoms with van der Waals surface area (Å²) in [6, 6.07) is 12.7. The first kappa shape index (κ1) is 18.7. The molecule has 0 radical (unpaired) electrons. The van der Waals surface area contributed by atoms with Crippen LogP contribution in [-0.4, -0.2) is 23.3 Å². The van der Waals surface area contributed by atoms with Gasteiger partial charge in [-0.25, -0.2) is 4.79 Å². The molecular weight excluding hydrogens is 364 g/mol. The van der Waals surface area contributed by atoms with E-state index in [0.29, 0.717) is 28.2 Å². The van der Waals surface area contributed by atoms with Crippen LogP contribution in [0.5, 0.6) is 11.5 Å². The maximum Gasteiger partial charge on any atom is 0.325 e. The number of nitrogens with zero attached hydrogens (tertiary/aromatic N) is 2. The molecule has 3 rings (SSSR count). The third-order valence-corrected chi connectivity index (χ3v) is 4.52. The van der Waals surface area contributed by atoms with Crippen LogP contribution < -0.4 is 20.1 Å². The first-order chi connectivity index (χ1) is 13.0. The molecule has 2 N–H and O–H groups in total. The summed E-state index contributed by atoms with van der Waals surface area (Å²) in [5.74, 6) is 1.48. The number of benzene rings is 2. The van der Waals surface area contributed by atoms with Crippen molar-refractivity contribution in [2.45, 2.75) is 20.5 Å². The minimum Gasteiger partial charge on any atom is -0.497 e. The summed E-state index contributed by atoms with van der Waals surface area (Å²) in [6.07, 6.45) is 0. The molecule has 0 aliphatic carbocycles. The molecule has 2 aromatic carbocycles. The molecular formula is C19H20N4O3S. The highest BCUT2D eigenvalue weighted by molar-refractivity contribution is 7.15. The van der Waals surface area contributed by atoms with Gasteiger partial charge in [0.25, 0.3) is 0 Å². The second-order valence-corrected chi connectivity index (χ2v) is 6.93. The van der Waals surface area contributed by atoms with Crippen molar-refractivity contribution < 1.29 is 14.3 Å². The number of aromatic nitrogens is 2. The largest absolute Gasteiger partial charge is 0.497 e. The minimum atomic E-state index is -0.401. The summed E-state index contributed by atoms with van der Waals surface area (Å²) in [5.41, 5.74) is 2.81. The van der Waals surface area contributed by atoms with E-state index in [0.717, 1.165) is 16.9 Å². The number of rotatable bonds is 6. The fourth-order valence-corrected chi connectivity index (χ4v) is 2.97. The monoisotopic (exact) mass is 384 g/mol. The van der Waals surface area contributed by atoms with Crippen LogP contribution in [0.2, 0.25) is 0 Å². The molecule has 0 fully saturated rings. The van der Waals surface area contributed by atoms with Gasteiger partial charge in [0.05, 0.1) is 7.11 Å². The highest BCUT2D eigenvalue weighted by atomic mass is 32.1. The summed E-state index contributed by atoms with van der Waals surface area (Å²) in [7, 11) is 1.57. The normalized spacial score (nSPS) is 10.3. The van der Waals surface area contributed by atoms with Gasteiger partial charge in [0.2, 0.25) is 5.13 Å². The Labute approximate surface area is 161 Å². The van der Waals surface area contributed by atoms with Gasteiger partial charge in [-0.2, -0.15) is 0 Å². The number of hydrogen-bond donors (Lipinski definition) is 2. The van der Waals surface area contributed by atoms with E-state index in [2.05, 4.69) is 20.8 Å². The molecule has 0 saturated carbocycles. The molecule has 140 valence electrons. The van der Waals surface area contributed by atoms with Gasteiger partial charge in [-0.05, 0) is 43.2 Å². The lowest BCUT2D eigenvalue weighted by atomic mass is 10.1. The first-order valence-electron chi connectivity index (χ1n) is 8.28. The Hall–Kier alpha value is -3.13. The van der Waals surface area contributed by atoms with E-state index in [1.165, 1.54) is 11.3 Å². The number of anilines is 2. The molecule has 2 amide bonds. The van der Waals surface area contributed by atoms with Crippen molar-refractivity contribution in [1.82, 2.24) is 10.2 Å². The molecule has 7 nitrogen and oxygen atoms in total. The lowest BCUT2D eigenvalue weighted by molar-refractivity contribution is 0.262. The molecule has 27 heavy (non-hydrogen) atoms. The van der Waals surface area contributed by atoms with E-state index in [4.69, 9.17) is 9.47 Å². The van der Waals surface area contributed by atoms with Gasteiger partial charge in [-0.1, -0.05) is 29.5 Å². The molecule has 1 aromatic heterocycles. The number of amides is 2. The van der Waals surface area contributed by atoms with Crippen molar-refractivity contribution in [1.29, 1.82) is 0 Å². The van der Waals surface area contributed by atoms with Gasteiger partial charge in [0.15, 0.2) is 5.01 Å². The lowest BCUT2D eigenvalue weighted by Gasteiger charge is -2.08. The third-order valence-electron chi connectivity index (χ3n) is 3.71. The Kier molecular flexibility index (Phi) is 5.87. The Morgan fingerprint density at radius 1 is 1.11 bits per heavy atom. The maximum absolute atomic E-state index is 12.1.